The summed E-state index contributed by atoms with van der Waals surface area (Å²) >= 11 is 13.0. The summed E-state index contributed by atoms with van der Waals surface area (Å²) < 4.78 is 5.44. The molecular formula is C24H28Cl2N2O3. The van der Waals surface area contributed by atoms with Crippen molar-refractivity contribution in [2.45, 2.75) is 52.2 Å². The lowest BCUT2D eigenvalue weighted by atomic mass is 10.0. The van der Waals surface area contributed by atoms with Gasteiger partial charge in [0.1, 0.15) is 5.60 Å². The molecule has 0 spiro atoms. The lowest BCUT2D eigenvalue weighted by molar-refractivity contribution is -0.161. The number of halogens is 2. The van der Waals surface area contributed by atoms with Gasteiger partial charge >= 0.3 is 5.97 Å². The van der Waals surface area contributed by atoms with Gasteiger partial charge < -0.3 is 4.74 Å². The van der Waals surface area contributed by atoms with E-state index in [2.05, 4.69) is 0 Å². The zero-order valence-corrected chi connectivity index (χ0v) is 19.8. The Balaban J connectivity index is 1.88. The zero-order valence-electron chi connectivity index (χ0n) is 18.3. The number of hydrazine groups is 1. The highest BCUT2D eigenvalue weighted by Crippen LogP contribution is 2.42. The lowest BCUT2D eigenvalue weighted by Gasteiger charge is -2.35. The number of esters is 1. The fourth-order valence-electron chi connectivity index (χ4n) is 3.71. The molecule has 1 fully saturated rings. The molecule has 1 heterocycles. The fourth-order valence-corrected chi connectivity index (χ4v) is 4.19. The second kappa shape index (κ2) is 9.49. The SMILES string of the molecule is CC(CC(=O)N1CCC(c2ccccc2Cl)N1c1ccccc1Cl)C(=O)OC(C)(C)C. The highest BCUT2D eigenvalue weighted by molar-refractivity contribution is 6.33. The van der Waals surface area contributed by atoms with Crippen molar-refractivity contribution in [2.75, 3.05) is 11.6 Å². The molecule has 1 aliphatic rings. The van der Waals surface area contributed by atoms with Crippen molar-refractivity contribution < 1.29 is 14.3 Å². The third-order valence-corrected chi connectivity index (χ3v) is 5.77. The van der Waals surface area contributed by atoms with E-state index in [-0.39, 0.29) is 24.3 Å². The standard InChI is InChI=1S/C24H28Cl2N2O3/c1-16(23(30)31-24(2,3)4)15-22(29)27-14-13-20(17-9-5-6-10-18(17)25)28(27)21-12-8-7-11-19(21)26/h5-12,16,20H,13-15H2,1-4H3. The Morgan fingerprint density at radius 2 is 1.68 bits per heavy atom. The number of para-hydroxylation sites is 1. The van der Waals surface area contributed by atoms with Gasteiger partial charge in [-0.3, -0.25) is 19.6 Å². The maximum absolute atomic E-state index is 13.3. The summed E-state index contributed by atoms with van der Waals surface area (Å²) in [5, 5.41) is 4.77. The Labute approximate surface area is 193 Å². The molecule has 7 heteroatoms. The van der Waals surface area contributed by atoms with Gasteiger partial charge in [0.2, 0.25) is 5.91 Å². The van der Waals surface area contributed by atoms with Crippen molar-refractivity contribution >= 4 is 40.8 Å². The minimum atomic E-state index is -0.596. The van der Waals surface area contributed by atoms with Gasteiger partial charge in [0.15, 0.2) is 0 Å². The number of anilines is 1. The molecular weight excluding hydrogens is 435 g/mol. The van der Waals surface area contributed by atoms with Gasteiger partial charge in [0, 0.05) is 18.0 Å². The average Bonchev–Trinajstić information content (AvgIpc) is 3.12. The maximum atomic E-state index is 13.3. The van der Waals surface area contributed by atoms with E-state index in [0.29, 0.717) is 23.0 Å². The van der Waals surface area contributed by atoms with Gasteiger partial charge in [0.05, 0.1) is 22.7 Å². The van der Waals surface area contributed by atoms with Crippen LogP contribution in [0.2, 0.25) is 10.0 Å². The quantitative estimate of drug-likeness (QED) is 0.506. The van der Waals surface area contributed by atoms with E-state index in [4.69, 9.17) is 27.9 Å². The predicted molar refractivity (Wildman–Crippen MR) is 124 cm³/mol. The highest BCUT2D eigenvalue weighted by Gasteiger charge is 2.38. The lowest BCUT2D eigenvalue weighted by Crippen LogP contribution is -2.43. The van der Waals surface area contributed by atoms with E-state index < -0.39 is 11.5 Å². The molecule has 0 N–H and O–H groups in total. The molecule has 31 heavy (non-hydrogen) atoms. The minimum Gasteiger partial charge on any atom is -0.460 e. The molecule has 0 bridgehead atoms. The Morgan fingerprint density at radius 1 is 1.06 bits per heavy atom. The van der Waals surface area contributed by atoms with E-state index in [9.17, 15) is 9.59 Å². The minimum absolute atomic E-state index is 0.0467. The number of hydrogen-bond acceptors (Lipinski definition) is 4. The van der Waals surface area contributed by atoms with Crippen molar-refractivity contribution in [1.29, 1.82) is 0 Å². The smallest absolute Gasteiger partial charge is 0.309 e. The number of nitrogens with zero attached hydrogens (tertiary/aromatic N) is 2. The third kappa shape index (κ3) is 5.52. The topological polar surface area (TPSA) is 49.9 Å². The van der Waals surface area contributed by atoms with E-state index in [0.717, 1.165) is 11.3 Å². The summed E-state index contributed by atoms with van der Waals surface area (Å²) in [5.74, 6) is -1.10. The zero-order chi connectivity index (χ0) is 22.8. The molecule has 2 atom stereocenters. The molecule has 0 saturated carbocycles. The van der Waals surface area contributed by atoms with Crippen LogP contribution in [0.3, 0.4) is 0 Å². The molecule has 1 aliphatic heterocycles. The summed E-state index contributed by atoms with van der Waals surface area (Å²) in [7, 11) is 0. The van der Waals surface area contributed by atoms with E-state index in [1.807, 2.05) is 68.2 Å². The predicted octanol–water partition coefficient (Wildman–Crippen LogP) is 6.06. The first-order chi connectivity index (χ1) is 14.6. The Morgan fingerprint density at radius 3 is 2.29 bits per heavy atom. The van der Waals surface area contributed by atoms with E-state index in [1.165, 1.54) is 0 Å². The van der Waals surface area contributed by atoms with E-state index in [1.54, 1.807) is 18.0 Å². The average molecular weight is 463 g/mol. The van der Waals surface area contributed by atoms with Gasteiger partial charge in [-0.15, -0.1) is 0 Å². The van der Waals surface area contributed by atoms with Crippen molar-refractivity contribution in [2.24, 2.45) is 5.92 Å². The molecule has 5 nitrogen and oxygen atoms in total. The van der Waals surface area contributed by atoms with Crippen molar-refractivity contribution in [3.63, 3.8) is 0 Å². The number of carbonyl (C=O) groups is 2. The van der Waals surface area contributed by atoms with Crippen LogP contribution in [-0.4, -0.2) is 29.0 Å². The van der Waals surface area contributed by atoms with Gasteiger partial charge in [-0.25, -0.2) is 0 Å². The molecule has 1 saturated heterocycles. The van der Waals surface area contributed by atoms with Crippen LogP contribution in [0.25, 0.3) is 0 Å². The summed E-state index contributed by atoms with van der Waals surface area (Å²) in [6, 6.07) is 14.9. The van der Waals surface area contributed by atoms with Crippen molar-refractivity contribution in [3.8, 4) is 0 Å². The summed E-state index contributed by atoms with van der Waals surface area (Å²) in [5.41, 5.74) is 1.06. The summed E-state index contributed by atoms with van der Waals surface area (Å²) in [4.78, 5) is 25.7. The van der Waals surface area contributed by atoms with Crippen LogP contribution in [0.4, 0.5) is 5.69 Å². The van der Waals surface area contributed by atoms with Crippen LogP contribution >= 0.6 is 23.2 Å². The molecule has 0 aliphatic carbocycles. The first-order valence-electron chi connectivity index (χ1n) is 10.4. The molecule has 2 aromatic carbocycles. The van der Waals surface area contributed by atoms with Crippen LogP contribution in [0, 0.1) is 5.92 Å². The second-order valence-corrected chi connectivity index (χ2v) is 9.59. The molecule has 2 unspecified atom stereocenters. The van der Waals surface area contributed by atoms with Crippen LogP contribution < -0.4 is 5.01 Å². The molecule has 166 valence electrons. The number of ether oxygens (including phenoxy) is 1. The van der Waals surface area contributed by atoms with Gasteiger partial charge in [-0.2, -0.15) is 0 Å². The second-order valence-electron chi connectivity index (χ2n) is 8.78. The van der Waals surface area contributed by atoms with E-state index >= 15 is 0 Å². The molecule has 0 aromatic heterocycles. The van der Waals surface area contributed by atoms with Gasteiger partial charge in [-0.05, 0) is 51.0 Å². The number of carbonyl (C=O) groups excluding carboxylic acids is 2. The normalized spacial score (nSPS) is 17.5. The Hall–Kier alpha value is -2.24. The van der Waals surface area contributed by atoms with Crippen LogP contribution in [0.1, 0.15) is 52.1 Å². The monoisotopic (exact) mass is 462 g/mol. The van der Waals surface area contributed by atoms with Crippen LogP contribution in [0.5, 0.6) is 0 Å². The first kappa shape index (κ1) is 23.4. The van der Waals surface area contributed by atoms with Gasteiger partial charge in [0.25, 0.3) is 0 Å². The third-order valence-electron chi connectivity index (χ3n) is 5.11. The van der Waals surface area contributed by atoms with Crippen molar-refractivity contribution in [1.82, 2.24) is 5.01 Å². The van der Waals surface area contributed by atoms with Crippen molar-refractivity contribution in [3.05, 3.63) is 64.1 Å². The highest BCUT2D eigenvalue weighted by atomic mass is 35.5. The number of benzene rings is 2. The maximum Gasteiger partial charge on any atom is 0.309 e. The molecule has 0 radical (unpaired) electrons. The largest absolute Gasteiger partial charge is 0.460 e. The number of amides is 1. The number of rotatable bonds is 5. The summed E-state index contributed by atoms with van der Waals surface area (Å²) in [6.07, 6.45) is 0.743. The molecule has 3 rings (SSSR count). The molecule has 2 aromatic rings. The fraction of sp³-hybridized carbons (Fsp3) is 0.417. The number of hydrogen-bond donors (Lipinski definition) is 0. The first-order valence-corrected chi connectivity index (χ1v) is 11.2. The summed E-state index contributed by atoms with van der Waals surface area (Å²) in [6.45, 7) is 7.65. The van der Waals surface area contributed by atoms with Crippen LogP contribution in [-0.2, 0) is 14.3 Å². The Kier molecular flexibility index (Phi) is 7.17. The van der Waals surface area contributed by atoms with Gasteiger partial charge in [-0.1, -0.05) is 60.5 Å². The van der Waals surface area contributed by atoms with Crippen LogP contribution in [0.15, 0.2) is 48.5 Å². The molecule has 1 amide bonds. The Bertz CT molecular complexity index is 958.